The van der Waals surface area contributed by atoms with Gasteiger partial charge in [0.2, 0.25) is 0 Å². The van der Waals surface area contributed by atoms with E-state index in [0.29, 0.717) is 37.7 Å². The molecule has 234 valence electrons. The van der Waals surface area contributed by atoms with Gasteiger partial charge in [-0.2, -0.15) is 0 Å². The topological polar surface area (TPSA) is 127 Å². The van der Waals surface area contributed by atoms with Crippen molar-refractivity contribution in [3.63, 3.8) is 0 Å². The van der Waals surface area contributed by atoms with Crippen molar-refractivity contribution in [3.8, 4) is 0 Å². The first kappa shape index (κ1) is 36.8. The van der Waals surface area contributed by atoms with Crippen molar-refractivity contribution in [2.24, 2.45) is 10.8 Å². The maximum absolute atomic E-state index is 13.0. The van der Waals surface area contributed by atoms with Crippen LogP contribution in [0.1, 0.15) is 81.6 Å². The van der Waals surface area contributed by atoms with E-state index >= 15 is 0 Å². The first-order valence-electron chi connectivity index (χ1n) is 13.7. The maximum atomic E-state index is 13.0. The van der Waals surface area contributed by atoms with E-state index < -0.39 is 34.2 Å². The molecule has 0 amide bonds. The second kappa shape index (κ2) is 15.9. The van der Waals surface area contributed by atoms with Crippen LogP contribution in [-0.4, -0.2) is 91.2 Å². The van der Waals surface area contributed by atoms with Crippen LogP contribution in [0.5, 0.6) is 0 Å². The fourth-order valence-electron chi connectivity index (χ4n) is 3.98. The molecule has 1 aliphatic heterocycles. The summed E-state index contributed by atoms with van der Waals surface area (Å²) in [6, 6.07) is 0. The molecule has 1 unspecified atom stereocenters. The lowest BCUT2D eigenvalue weighted by molar-refractivity contribution is -0.167. The maximum Gasteiger partial charge on any atom is 0.508 e. The average molecular weight is 611 g/mol. The molecule has 0 aliphatic carbocycles. The Bertz CT molecular complexity index is 818. The number of carbonyl (C=O) groups is 3. The van der Waals surface area contributed by atoms with E-state index in [0.717, 1.165) is 6.42 Å². The monoisotopic (exact) mass is 610 g/mol. The standard InChI is InChI=1S/C28H50O10S2/c1-10-37-25(4,5)11-13-33-14-12-26(6,7)38-23(31)36-18-27(8,17-24(2,3)32)21(29)34-15-16-35-22(30)28(9)19-39-40-20-28/h32H,10-20H2,1-9H3. The van der Waals surface area contributed by atoms with Crippen LogP contribution in [0.4, 0.5) is 4.79 Å². The Morgan fingerprint density at radius 3 is 1.93 bits per heavy atom. The van der Waals surface area contributed by atoms with Crippen molar-refractivity contribution in [3.05, 3.63) is 0 Å². The van der Waals surface area contributed by atoms with Gasteiger partial charge in [-0.1, -0.05) is 21.6 Å². The van der Waals surface area contributed by atoms with Crippen LogP contribution in [0.25, 0.3) is 0 Å². The molecular formula is C28H50O10S2. The van der Waals surface area contributed by atoms with Crippen molar-refractivity contribution >= 4 is 39.7 Å². The second-order valence-electron chi connectivity index (χ2n) is 12.6. The number of hydrogen-bond acceptors (Lipinski definition) is 12. The minimum Gasteiger partial charge on any atom is -0.462 e. The van der Waals surface area contributed by atoms with Gasteiger partial charge in [0.25, 0.3) is 0 Å². The lowest BCUT2D eigenvalue weighted by Crippen LogP contribution is -2.42. The lowest BCUT2D eigenvalue weighted by atomic mass is 9.80. The Labute approximate surface area is 247 Å². The third-order valence-corrected chi connectivity index (χ3v) is 9.18. The molecular weight excluding hydrogens is 560 g/mol. The number of aliphatic hydroxyl groups is 1. The van der Waals surface area contributed by atoms with Gasteiger partial charge < -0.3 is 33.5 Å². The van der Waals surface area contributed by atoms with E-state index in [4.69, 9.17) is 28.4 Å². The molecule has 1 atom stereocenters. The zero-order valence-electron chi connectivity index (χ0n) is 25.7. The zero-order valence-corrected chi connectivity index (χ0v) is 27.3. The molecule has 0 aromatic rings. The second-order valence-corrected chi connectivity index (χ2v) is 15.1. The first-order valence-corrected chi connectivity index (χ1v) is 16.2. The summed E-state index contributed by atoms with van der Waals surface area (Å²) < 4.78 is 32.8. The quantitative estimate of drug-likeness (QED) is 0.0950. The summed E-state index contributed by atoms with van der Waals surface area (Å²) in [7, 11) is 3.25. The van der Waals surface area contributed by atoms with Crippen LogP contribution >= 0.6 is 21.6 Å². The summed E-state index contributed by atoms with van der Waals surface area (Å²) in [6.07, 6.45) is 0.204. The first-order chi connectivity index (χ1) is 18.3. The number of esters is 2. The lowest BCUT2D eigenvalue weighted by Gasteiger charge is -2.32. The van der Waals surface area contributed by atoms with Gasteiger partial charge in [-0.15, -0.1) is 0 Å². The molecule has 0 radical (unpaired) electrons. The van der Waals surface area contributed by atoms with Crippen molar-refractivity contribution in [1.82, 2.24) is 0 Å². The summed E-state index contributed by atoms with van der Waals surface area (Å²) >= 11 is 0. The third kappa shape index (κ3) is 14.1. The van der Waals surface area contributed by atoms with Gasteiger partial charge >= 0.3 is 18.1 Å². The van der Waals surface area contributed by atoms with E-state index in [9.17, 15) is 19.5 Å². The number of rotatable bonds is 18. The summed E-state index contributed by atoms with van der Waals surface area (Å²) in [5.41, 5.74) is -4.28. The Morgan fingerprint density at radius 2 is 1.38 bits per heavy atom. The molecule has 0 aromatic carbocycles. The predicted octanol–water partition coefficient (Wildman–Crippen LogP) is 5.19. The van der Waals surface area contributed by atoms with Gasteiger partial charge in [-0.3, -0.25) is 9.59 Å². The molecule has 0 spiro atoms. The highest BCUT2D eigenvalue weighted by atomic mass is 33.1. The highest BCUT2D eigenvalue weighted by Crippen LogP contribution is 2.43. The minimum atomic E-state index is -1.35. The molecule has 0 aromatic heterocycles. The predicted molar refractivity (Wildman–Crippen MR) is 156 cm³/mol. The van der Waals surface area contributed by atoms with Crippen LogP contribution in [0.2, 0.25) is 0 Å². The highest BCUT2D eigenvalue weighted by Gasteiger charge is 2.42. The summed E-state index contributed by atoms with van der Waals surface area (Å²) in [6.45, 7) is 16.9. The van der Waals surface area contributed by atoms with Crippen LogP contribution in [0.3, 0.4) is 0 Å². The van der Waals surface area contributed by atoms with Crippen LogP contribution in [0.15, 0.2) is 0 Å². The summed E-state index contributed by atoms with van der Waals surface area (Å²) in [5.74, 6) is 0.335. The fourth-order valence-corrected chi connectivity index (χ4v) is 7.30. The molecule has 10 nitrogen and oxygen atoms in total. The molecule has 1 N–H and O–H groups in total. The Kier molecular flexibility index (Phi) is 14.6. The van der Waals surface area contributed by atoms with E-state index in [1.807, 2.05) is 27.7 Å². The molecule has 1 heterocycles. The van der Waals surface area contributed by atoms with Gasteiger partial charge in [0.15, 0.2) is 0 Å². The van der Waals surface area contributed by atoms with E-state index in [2.05, 4.69) is 0 Å². The Balaban J connectivity index is 2.54. The molecule has 1 aliphatic rings. The smallest absolute Gasteiger partial charge is 0.462 e. The zero-order chi connectivity index (χ0) is 30.7. The van der Waals surface area contributed by atoms with Gasteiger partial charge in [-0.25, -0.2) is 4.79 Å². The largest absolute Gasteiger partial charge is 0.508 e. The van der Waals surface area contributed by atoms with Gasteiger partial charge in [-0.05, 0) is 75.2 Å². The van der Waals surface area contributed by atoms with E-state index in [-0.39, 0.29) is 37.8 Å². The molecule has 1 saturated heterocycles. The van der Waals surface area contributed by atoms with E-state index in [1.54, 1.807) is 56.2 Å². The van der Waals surface area contributed by atoms with Crippen molar-refractivity contribution in [2.75, 3.05) is 51.1 Å². The molecule has 12 heteroatoms. The van der Waals surface area contributed by atoms with Gasteiger partial charge in [0.1, 0.15) is 30.8 Å². The van der Waals surface area contributed by atoms with Crippen LogP contribution < -0.4 is 0 Å². The fraction of sp³-hybridized carbons (Fsp3) is 0.893. The van der Waals surface area contributed by atoms with E-state index in [1.165, 1.54) is 0 Å². The van der Waals surface area contributed by atoms with Gasteiger partial charge in [0, 0.05) is 31.1 Å². The highest BCUT2D eigenvalue weighted by molar-refractivity contribution is 8.77. The summed E-state index contributed by atoms with van der Waals surface area (Å²) in [4.78, 5) is 37.8. The molecule has 40 heavy (non-hydrogen) atoms. The third-order valence-electron chi connectivity index (χ3n) is 6.30. The Hall–Kier alpha value is -1.21. The van der Waals surface area contributed by atoms with Crippen molar-refractivity contribution in [1.29, 1.82) is 0 Å². The van der Waals surface area contributed by atoms with Crippen LogP contribution in [-0.2, 0) is 38.0 Å². The van der Waals surface area contributed by atoms with Crippen LogP contribution in [0, 0.1) is 10.8 Å². The average Bonchev–Trinajstić information content (AvgIpc) is 3.26. The number of ether oxygens (including phenoxy) is 6. The normalized spacial score (nSPS) is 17.1. The number of hydrogen-bond donors (Lipinski definition) is 1. The Morgan fingerprint density at radius 1 is 0.825 bits per heavy atom. The molecule has 1 rings (SSSR count). The van der Waals surface area contributed by atoms with Gasteiger partial charge in [0.05, 0.1) is 23.2 Å². The SMILES string of the molecule is CCOC(C)(C)CCOCCC(C)(C)OC(=O)OCC(C)(CC(C)(C)O)C(=O)OCCOC(=O)C1(C)CSSC1. The number of carbonyl (C=O) groups excluding carboxylic acids is 3. The minimum absolute atomic E-state index is 0.0340. The molecule has 1 fully saturated rings. The van der Waals surface area contributed by atoms with Crippen molar-refractivity contribution < 1.29 is 47.9 Å². The summed E-state index contributed by atoms with van der Waals surface area (Å²) in [5, 5.41) is 10.4. The molecule has 0 bridgehead atoms. The molecule has 0 saturated carbocycles. The van der Waals surface area contributed by atoms with Crippen molar-refractivity contribution in [2.45, 2.75) is 98.4 Å².